The van der Waals surface area contributed by atoms with E-state index in [0.717, 1.165) is 9.40 Å². The van der Waals surface area contributed by atoms with Gasteiger partial charge in [0.25, 0.3) is 0 Å². The molecule has 0 radical (unpaired) electrons. The van der Waals surface area contributed by atoms with E-state index in [1.165, 1.54) is 6.07 Å². The Morgan fingerprint density at radius 1 is 1.25 bits per heavy atom. The fourth-order valence-electron chi connectivity index (χ4n) is 1.07. The fraction of sp³-hybridized carbons (Fsp3) is 0.444. The minimum atomic E-state index is -2.30. The van der Waals surface area contributed by atoms with Crippen LogP contribution in [0.5, 0.6) is 0 Å². The molecule has 0 atom stereocenters. The molecule has 0 aliphatic rings. The topological polar surface area (TPSA) is 12.9 Å². The van der Waals surface area contributed by atoms with Crippen molar-refractivity contribution in [2.75, 3.05) is 0 Å². The first-order valence-corrected chi connectivity index (χ1v) is 14.0. The van der Waals surface area contributed by atoms with E-state index in [1.807, 2.05) is 6.92 Å². The van der Waals surface area contributed by atoms with Gasteiger partial charge in [-0.05, 0) is 0 Å². The summed E-state index contributed by atoms with van der Waals surface area (Å²) in [5, 5.41) is 0. The van der Waals surface area contributed by atoms with E-state index in [2.05, 4.69) is 19.8 Å². The molecule has 1 nitrogen and oxygen atoms in total. The van der Waals surface area contributed by atoms with Gasteiger partial charge < -0.3 is 0 Å². The van der Waals surface area contributed by atoms with E-state index in [4.69, 9.17) is 0 Å². The van der Waals surface area contributed by atoms with Gasteiger partial charge in [-0.3, -0.25) is 0 Å². The van der Waals surface area contributed by atoms with Gasteiger partial charge in [0, 0.05) is 0 Å². The Morgan fingerprint density at radius 2 is 1.83 bits per heavy atom. The summed E-state index contributed by atoms with van der Waals surface area (Å²) in [7, 11) is 0. The molecule has 0 bridgehead atoms. The second-order valence-electron chi connectivity index (χ2n) is 4.03. The van der Waals surface area contributed by atoms with Gasteiger partial charge >= 0.3 is 76.8 Å². The third-order valence-electron chi connectivity index (χ3n) is 1.70. The summed E-state index contributed by atoms with van der Waals surface area (Å²) >= 11 is -2.30. The Kier molecular flexibility index (Phi) is 2.76. The predicted octanol–water partition coefficient (Wildman–Crippen LogP) is 2.07. The first-order valence-electron chi connectivity index (χ1n) is 4.05. The average Bonchev–Trinajstić information content (AvgIpc) is 1.92. The van der Waals surface area contributed by atoms with Crippen LogP contribution in [0, 0.1) is 12.7 Å². The summed E-state index contributed by atoms with van der Waals surface area (Å²) < 4.78 is 14.0. The molecule has 66 valence electrons. The van der Waals surface area contributed by atoms with E-state index in [0.29, 0.717) is 0 Å². The normalized spacial score (nSPS) is 11.8. The molecule has 1 heterocycles. The monoisotopic (exact) mass is 275 g/mol. The van der Waals surface area contributed by atoms with Crippen LogP contribution in [0.3, 0.4) is 0 Å². The SMILES string of the molecule is Cc1ccc(F)[c]([Sn]([CH3])([CH3])[CH3])n1. The number of aromatic nitrogens is 1. The first kappa shape index (κ1) is 9.96. The molecule has 0 saturated carbocycles. The van der Waals surface area contributed by atoms with Crippen molar-refractivity contribution in [2.24, 2.45) is 0 Å². The zero-order valence-electron chi connectivity index (χ0n) is 7.98. The molecule has 12 heavy (non-hydrogen) atoms. The van der Waals surface area contributed by atoms with Gasteiger partial charge in [0.15, 0.2) is 0 Å². The van der Waals surface area contributed by atoms with Crippen LogP contribution in [0.4, 0.5) is 4.39 Å². The van der Waals surface area contributed by atoms with Crippen LogP contribution in [-0.4, -0.2) is 23.4 Å². The quantitative estimate of drug-likeness (QED) is 0.714. The van der Waals surface area contributed by atoms with Crippen LogP contribution in [-0.2, 0) is 0 Å². The zero-order valence-corrected chi connectivity index (χ0v) is 10.8. The van der Waals surface area contributed by atoms with Crippen molar-refractivity contribution < 1.29 is 4.39 Å². The Balaban J connectivity index is 3.23. The molecule has 0 amide bonds. The minimum absolute atomic E-state index is 0.121. The number of pyridine rings is 1. The number of aryl methyl sites for hydroxylation is 1. The number of rotatable bonds is 1. The Hall–Kier alpha value is -0.121. The van der Waals surface area contributed by atoms with Crippen molar-refractivity contribution in [3.8, 4) is 0 Å². The van der Waals surface area contributed by atoms with Gasteiger partial charge in [-0.2, -0.15) is 0 Å². The van der Waals surface area contributed by atoms with Crippen LogP contribution in [0.15, 0.2) is 12.1 Å². The maximum atomic E-state index is 13.3. The molecular weight excluding hydrogens is 260 g/mol. The van der Waals surface area contributed by atoms with Crippen molar-refractivity contribution in [1.29, 1.82) is 0 Å². The summed E-state index contributed by atoms with van der Waals surface area (Å²) in [4.78, 5) is 10.8. The third kappa shape index (κ3) is 2.19. The Morgan fingerprint density at radius 3 is 2.25 bits per heavy atom. The second-order valence-corrected chi connectivity index (χ2v) is 18.2. The molecule has 0 saturated heterocycles. The molecule has 1 aromatic heterocycles. The van der Waals surface area contributed by atoms with E-state index in [-0.39, 0.29) is 5.82 Å². The van der Waals surface area contributed by atoms with Crippen LogP contribution in [0.25, 0.3) is 0 Å². The van der Waals surface area contributed by atoms with Gasteiger partial charge in [-0.1, -0.05) is 0 Å². The predicted molar refractivity (Wildman–Crippen MR) is 51.9 cm³/mol. The molecule has 0 spiro atoms. The van der Waals surface area contributed by atoms with Crippen molar-refractivity contribution in [3.63, 3.8) is 0 Å². The van der Waals surface area contributed by atoms with E-state index in [9.17, 15) is 4.39 Å². The van der Waals surface area contributed by atoms with Gasteiger partial charge in [0.05, 0.1) is 0 Å². The second kappa shape index (κ2) is 3.32. The molecule has 1 rings (SSSR count). The summed E-state index contributed by atoms with van der Waals surface area (Å²) in [6.45, 7) is 1.90. The van der Waals surface area contributed by atoms with Gasteiger partial charge in [-0.25, -0.2) is 0 Å². The average molecular weight is 274 g/mol. The van der Waals surface area contributed by atoms with Crippen molar-refractivity contribution in [1.82, 2.24) is 4.98 Å². The summed E-state index contributed by atoms with van der Waals surface area (Å²) in [6.07, 6.45) is 0. The standard InChI is InChI=1S/C6H5FN.3CH3.Sn/c1-5-2-3-6(7)4-8-5;;;;/h2-3H,1H3;3*1H3;. The van der Waals surface area contributed by atoms with Gasteiger partial charge in [0.2, 0.25) is 0 Å². The van der Waals surface area contributed by atoms with Crippen molar-refractivity contribution in [2.45, 2.75) is 21.7 Å². The fourth-order valence-corrected chi connectivity index (χ4v) is 4.81. The Bertz CT molecular complexity index is 291. The number of hydrogen-bond acceptors (Lipinski definition) is 1. The van der Waals surface area contributed by atoms with E-state index >= 15 is 0 Å². The van der Waals surface area contributed by atoms with Crippen LogP contribution in [0.2, 0.25) is 14.8 Å². The number of hydrogen-bond donors (Lipinski definition) is 0. The third-order valence-corrected chi connectivity index (χ3v) is 6.75. The van der Waals surface area contributed by atoms with Crippen molar-refractivity contribution >= 4 is 22.1 Å². The molecule has 0 aliphatic heterocycles. The van der Waals surface area contributed by atoms with Crippen LogP contribution < -0.4 is 3.71 Å². The molecule has 0 fully saturated rings. The van der Waals surface area contributed by atoms with Crippen molar-refractivity contribution in [3.05, 3.63) is 23.6 Å². The first-order chi connectivity index (χ1) is 5.41. The van der Waals surface area contributed by atoms with Crippen LogP contribution in [0.1, 0.15) is 5.69 Å². The molecular formula is C9H14FNSn. The molecule has 1 aromatic rings. The number of halogens is 1. The van der Waals surface area contributed by atoms with Gasteiger partial charge in [-0.15, -0.1) is 0 Å². The Labute approximate surface area is 76.9 Å². The molecule has 0 unspecified atom stereocenters. The summed E-state index contributed by atoms with van der Waals surface area (Å²) in [6, 6.07) is 3.25. The maximum absolute atomic E-state index is 13.3. The molecule has 0 aliphatic carbocycles. The van der Waals surface area contributed by atoms with E-state index < -0.39 is 18.4 Å². The summed E-state index contributed by atoms with van der Waals surface area (Å²) in [5.41, 5.74) is 0.915. The number of nitrogens with zero attached hydrogens (tertiary/aromatic N) is 1. The van der Waals surface area contributed by atoms with Gasteiger partial charge in [0.1, 0.15) is 0 Å². The van der Waals surface area contributed by atoms with Crippen LogP contribution >= 0.6 is 0 Å². The summed E-state index contributed by atoms with van der Waals surface area (Å²) in [5.74, 6) is -0.121. The molecule has 0 N–H and O–H groups in total. The molecule has 3 heteroatoms. The zero-order chi connectivity index (χ0) is 9.35. The molecule has 0 aromatic carbocycles. The van der Waals surface area contributed by atoms with E-state index in [1.54, 1.807) is 6.07 Å².